The Hall–Kier alpha value is -3.26. The molecule has 0 fully saturated rings. The summed E-state index contributed by atoms with van der Waals surface area (Å²) in [6.45, 7) is 8.81. The van der Waals surface area contributed by atoms with Crippen molar-refractivity contribution in [3.8, 4) is 5.75 Å². The van der Waals surface area contributed by atoms with Gasteiger partial charge < -0.3 is 15.4 Å². The maximum atomic E-state index is 13.5. The summed E-state index contributed by atoms with van der Waals surface area (Å²) >= 11 is 1.62. The number of anilines is 2. The van der Waals surface area contributed by atoms with Crippen LogP contribution >= 0.6 is 11.8 Å². The van der Waals surface area contributed by atoms with E-state index in [2.05, 4.69) is 29.5 Å². The highest BCUT2D eigenvalue weighted by Gasteiger charge is 2.34. The van der Waals surface area contributed by atoms with Crippen molar-refractivity contribution >= 4 is 29.3 Å². The molecular formula is C26H31N5O2S. The van der Waals surface area contributed by atoms with Crippen molar-refractivity contribution in [2.75, 3.05) is 23.0 Å². The van der Waals surface area contributed by atoms with Gasteiger partial charge in [0.25, 0.3) is 5.91 Å². The number of benzene rings is 2. The Labute approximate surface area is 205 Å². The first-order valence-electron chi connectivity index (χ1n) is 11.7. The largest absolute Gasteiger partial charge is 0.494 e. The van der Waals surface area contributed by atoms with Crippen LogP contribution in [0.4, 0.5) is 11.6 Å². The minimum atomic E-state index is -0.412. The van der Waals surface area contributed by atoms with Gasteiger partial charge in [0.1, 0.15) is 11.8 Å². The number of amides is 1. The number of ether oxygens (including phenoxy) is 1. The highest BCUT2D eigenvalue weighted by Crippen LogP contribution is 2.37. The lowest BCUT2D eigenvalue weighted by Crippen LogP contribution is -2.31. The van der Waals surface area contributed by atoms with Crippen LogP contribution in [0, 0.1) is 6.92 Å². The van der Waals surface area contributed by atoms with Gasteiger partial charge in [0.2, 0.25) is 11.1 Å². The van der Waals surface area contributed by atoms with Crippen LogP contribution in [-0.4, -0.2) is 33.0 Å². The summed E-state index contributed by atoms with van der Waals surface area (Å²) in [4.78, 5) is 18.2. The van der Waals surface area contributed by atoms with Gasteiger partial charge in [0.05, 0.1) is 12.2 Å². The zero-order valence-corrected chi connectivity index (χ0v) is 20.9. The van der Waals surface area contributed by atoms with Crippen molar-refractivity contribution in [1.29, 1.82) is 0 Å². The topological polar surface area (TPSA) is 81.1 Å². The van der Waals surface area contributed by atoms with E-state index >= 15 is 0 Å². The van der Waals surface area contributed by atoms with Crippen LogP contribution < -0.4 is 15.4 Å². The Morgan fingerprint density at radius 3 is 2.50 bits per heavy atom. The molecule has 0 saturated carbocycles. The molecule has 0 aliphatic carbocycles. The SMILES string of the molecule is CCCOc1ccc(C2C(C(=O)Nc3ccc(C)cc3)=C(C)Nc3nc(SCCC)nn32)cc1. The Morgan fingerprint density at radius 1 is 1.09 bits per heavy atom. The fourth-order valence-corrected chi connectivity index (χ4v) is 4.47. The molecule has 1 atom stereocenters. The van der Waals surface area contributed by atoms with Gasteiger partial charge in [-0.25, -0.2) is 4.68 Å². The van der Waals surface area contributed by atoms with E-state index < -0.39 is 6.04 Å². The minimum absolute atomic E-state index is 0.172. The fraction of sp³-hybridized carbons (Fsp3) is 0.346. The van der Waals surface area contributed by atoms with Crippen molar-refractivity contribution in [2.45, 2.75) is 51.7 Å². The predicted molar refractivity (Wildman–Crippen MR) is 138 cm³/mol. The molecular weight excluding hydrogens is 446 g/mol. The van der Waals surface area contributed by atoms with Crippen LogP contribution in [0.5, 0.6) is 5.75 Å². The Morgan fingerprint density at radius 2 is 1.82 bits per heavy atom. The summed E-state index contributed by atoms with van der Waals surface area (Å²) < 4.78 is 7.57. The predicted octanol–water partition coefficient (Wildman–Crippen LogP) is 5.81. The number of nitrogens with one attached hydrogen (secondary N) is 2. The average Bonchev–Trinajstić information content (AvgIpc) is 3.24. The average molecular weight is 478 g/mol. The van der Waals surface area contributed by atoms with Gasteiger partial charge in [0, 0.05) is 17.1 Å². The lowest BCUT2D eigenvalue weighted by Gasteiger charge is -2.28. The van der Waals surface area contributed by atoms with E-state index in [1.54, 1.807) is 11.8 Å². The number of aromatic nitrogens is 3. The van der Waals surface area contributed by atoms with Gasteiger partial charge in [-0.1, -0.05) is 55.4 Å². The Kier molecular flexibility index (Phi) is 7.57. The van der Waals surface area contributed by atoms with Crippen molar-refractivity contribution in [3.05, 3.63) is 70.9 Å². The third-order valence-electron chi connectivity index (χ3n) is 5.49. The van der Waals surface area contributed by atoms with Crippen LogP contribution in [0.3, 0.4) is 0 Å². The van der Waals surface area contributed by atoms with Crippen molar-refractivity contribution < 1.29 is 9.53 Å². The number of hydrogen-bond acceptors (Lipinski definition) is 6. The number of nitrogens with zero attached hydrogens (tertiary/aromatic N) is 3. The van der Waals surface area contributed by atoms with E-state index in [0.29, 0.717) is 23.3 Å². The van der Waals surface area contributed by atoms with E-state index in [0.717, 1.165) is 46.9 Å². The molecule has 3 aromatic rings. The van der Waals surface area contributed by atoms with Gasteiger partial charge >= 0.3 is 0 Å². The van der Waals surface area contributed by atoms with Crippen LogP contribution in [0.2, 0.25) is 0 Å². The molecule has 2 heterocycles. The number of carbonyl (C=O) groups excluding carboxylic acids is 1. The smallest absolute Gasteiger partial charge is 0.255 e. The second-order valence-electron chi connectivity index (χ2n) is 8.31. The monoisotopic (exact) mass is 477 g/mol. The Bertz CT molecular complexity index is 1170. The molecule has 0 saturated heterocycles. The molecule has 178 valence electrons. The third-order valence-corrected chi connectivity index (χ3v) is 6.53. The van der Waals surface area contributed by atoms with E-state index in [-0.39, 0.29) is 5.91 Å². The molecule has 7 nitrogen and oxygen atoms in total. The highest BCUT2D eigenvalue weighted by atomic mass is 32.2. The number of carbonyl (C=O) groups is 1. The number of aryl methyl sites for hydroxylation is 1. The first-order chi connectivity index (χ1) is 16.5. The molecule has 34 heavy (non-hydrogen) atoms. The van der Waals surface area contributed by atoms with E-state index in [9.17, 15) is 4.79 Å². The molecule has 1 amide bonds. The molecule has 1 aromatic heterocycles. The molecule has 2 aromatic carbocycles. The van der Waals surface area contributed by atoms with Crippen molar-refractivity contribution in [1.82, 2.24) is 14.8 Å². The number of rotatable bonds is 9. The third kappa shape index (κ3) is 5.28. The van der Waals surface area contributed by atoms with Crippen LogP contribution in [0.15, 0.2) is 65.0 Å². The summed E-state index contributed by atoms with van der Waals surface area (Å²) in [6, 6.07) is 15.3. The normalized spacial score (nSPS) is 15.0. The van der Waals surface area contributed by atoms with Gasteiger partial charge in [0.15, 0.2) is 0 Å². The molecule has 2 N–H and O–H groups in total. The maximum Gasteiger partial charge on any atom is 0.255 e. The highest BCUT2D eigenvalue weighted by molar-refractivity contribution is 7.99. The van der Waals surface area contributed by atoms with E-state index in [1.165, 1.54) is 0 Å². The quantitative estimate of drug-likeness (QED) is 0.379. The van der Waals surface area contributed by atoms with Crippen molar-refractivity contribution in [2.24, 2.45) is 0 Å². The number of allylic oxidation sites excluding steroid dienone is 1. The molecule has 1 aliphatic heterocycles. The number of fused-ring (bicyclic) bond motifs is 1. The second-order valence-corrected chi connectivity index (χ2v) is 9.38. The molecule has 1 unspecified atom stereocenters. The van der Waals surface area contributed by atoms with Crippen LogP contribution in [0.1, 0.15) is 50.8 Å². The van der Waals surface area contributed by atoms with Gasteiger partial charge in [-0.15, -0.1) is 5.10 Å². The summed E-state index contributed by atoms with van der Waals surface area (Å²) in [5.41, 5.74) is 4.19. The van der Waals surface area contributed by atoms with Gasteiger partial charge in [-0.3, -0.25) is 4.79 Å². The molecule has 8 heteroatoms. The lowest BCUT2D eigenvalue weighted by molar-refractivity contribution is -0.113. The second kappa shape index (κ2) is 10.8. The number of thioether (sulfide) groups is 1. The summed E-state index contributed by atoms with van der Waals surface area (Å²) in [5, 5.41) is 11.8. The van der Waals surface area contributed by atoms with Gasteiger partial charge in [-0.2, -0.15) is 4.98 Å². The van der Waals surface area contributed by atoms with E-state index in [1.807, 2.05) is 67.1 Å². The molecule has 0 bridgehead atoms. The summed E-state index contributed by atoms with van der Waals surface area (Å²) in [6.07, 6.45) is 1.98. The summed E-state index contributed by atoms with van der Waals surface area (Å²) in [5.74, 6) is 2.21. The molecule has 4 rings (SSSR count). The summed E-state index contributed by atoms with van der Waals surface area (Å²) in [7, 11) is 0. The van der Waals surface area contributed by atoms with Crippen LogP contribution in [0.25, 0.3) is 0 Å². The zero-order chi connectivity index (χ0) is 24.1. The molecule has 0 radical (unpaired) electrons. The molecule has 1 aliphatic rings. The molecule has 0 spiro atoms. The Balaban J connectivity index is 1.71. The first kappa shape index (κ1) is 23.9. The fourth-order valence-electron chi connectivity index (χ4n) is 3.79. The van der Waals surface area contributed by atoms with Crippen LogP contribution in [-0.2, 0) is 4.79 Å². The minimum Gasteiger partial charge on any atom is -0.494 e. The lowest BCUT2D eigenvalue weighted by atomic mass is 9.95. The van der Waals surface area contributed by atoms with Gasteiger partial charge in [-0.05, 0) is 56.5 Å². The zero-order valence-electron chi connectivity index (χ0n) is 20.1. The number of hydrogen-bond donors (Lipinski definition) is 2. The van der Waals surface area contributed by atoms with E-state index in [4.69, 9.17) is 9.84 Å². The van der Waals surface area contributed by atoms with Crippen molar-refractivity contribution in [3.63, 3.8) is 0 Å². The maximum absolute atomic E-state index is 13.5. The standard InChI is InChI=1S/C26H31N5O2S/c1-5-15-33-21-13-9-19(10-14-21)23-22(24(32)28-20-11-7-17(3)8-12-20)18(4)27-25-29-26(30-31(23)25)34-16-6-2/h7-14,23H,5-6,15-16H2,1-4H3,(H,28,32)(H,27,29,30). The first-order valence-corrected chi connectivity index (χ1v) is 12.7.